The second-order valence-electron chi connectivity index (χ2n) is 35.3. The summed E-state index contributed by atoms with van der Waals surface area (Å²) in [6.45, 7) is 5.69. The third kappa shape index (κ3) is 24.1. The molecule has 103 heavy (non-hydrogen) atoms. The van der Waals surface area contributed by atoms with E-state index in [0.29, 0.717) is 71.5 Å². The van der Waals surface area contributed by atoms with Gasteiger partial charge in [0.1, 0.15) is 0 Å². The van der Waals surface area contributed by atoms with Gasteiger partial charge >= 0.3 is 0 Å². The van der Waals surface area contributed by atoms with Crippen molar-refractivity contribution in [3.8, 4) is 0 Å². The summed E-state index contributed by atoms with van der Waals surface area (Å²) in [6, 6.07) is 2.17. The number of hydrogen-bond donors (Lipinski definition) is 10. The summed E-state index contributed by atoms with van der Waals surface area (Å²) in [6.07, 6.45) is 56.3. The Kier molecular flexibility index (Phi) is 31.0. The number of rotatable bonds is 0. The molecule has 10 saturated heterocycles. The predicted molar refractivity (Wildman–Crippen MR) is 399 cm³/mol. The zero-order chi connectivity index (χ0) is 71.9. The molecule has 20 unspecified atom stereocenters. The highest BCUT2D eigenvalue weighted by Crippen LogP contribution is 2.41. The van der Waals surface area contributed by atoms with Gasteiger partial charge in [0.05, 0.1) is 0 Å². The Hall–Kier alpha value is -5.30. The van der Waals surface area contributed by atoms with Crippen molar-refractivity contribution in [3.63, 3.8) is 0 Å². The minimum atomic E-state index is 0.263. The SMILES string of the molecule is O=C1CC2CCCC2CN1.O=C1CC2CCCC2N1.O=C1CC2CCCCC2CN1.O=C1CC2CCCCC2N1.O=C1CCC2CCCC2CN1.O=C1CCC2CCCC2N1.O=C1CCC2CCCCC2CN1.O=C1CCC2CCCCC2N1.O=C1NCC2CCCC12.O=C1NCC2CCCCC12. The van der Waals surface area contributed by atoms with E-state index in [2.05, 4.69) is 53.2 Å². The molecule has 20 atom stereocenters. The van der Waals surface area contributed by atoms with E-state index in [4.69, 9.17) is 0 Å². The fraction of sp³-hybridized carbons (Fsp3) is 0.880. The Balaban J connectivity index is 0.000000115. The molecule has 0 aromatic heterocycles. The first-order chi connectivity index (χ1) is 50.1. The molecule has 20 rings (SSSR count). The summed E-state index contributed by atoms with van der Waals surface area (Å²) < 4.78 is 0. The molecule has 10 aliphatic carbocycles. The number of amides is 10. The van der Waals surface area contributed by atoms with Gasteiger partial charge in [0.2, 0.25) is 59.1 Å². The highest BCUT2D eigenvalue weighted by atomic mass is 16.2. The number of nitrogens with one attached hydrogen (secondary N) is 10. The second-order valence-corrected chi connectivity index (χ2v) is 35.3. The molecule has 0 aromatic carbocycles. The molecule has 0 spiro atoms. The van der Waals surface area contributed by atoms with Crippen LogP contribution in [-0.2, 0) is 47.9 Å². The quantitative estimate of drug-likeness (QED) is 0.109. The van der Waals surface area contributed by atoms with Gasteiger partial charge in [-0.25, -0.2) is 0 Å². The van der Waals surface area contributed by atoms with Gasteiger partial charge in [0, 0.05) is 127 Å². The molecule has 20 heteroatoms. The molecule has 10 amide bonds. The molecule has 10 N–H and O–H groups in total. The van der Waals surface area contributed by atoms with Crippen LogP contribution in [0.3, 0.4) is 0 Å². The second kappa shape index (κ2) is 40.6. The Bertz CT molecular complexity index is 2660. The molecule has 0 bridgehead atoms. The topological polar surface area (TPSA) is 291 Å². The molecule has 10 heterocycles. The van der Waals surface area contributed by atoms with E-state index in [9.17, 15) is 47.9 Å². The highest BCUT2D eigenvalue weighted by molar-refractivity contribution is 5.83. The number of fused-ring (bicyclic) bond motifs is 10. The molecular weight excluding hydrogens is 1300 g/mol. The number of piperidine rings is 4. The minimum Gasteiger partial charge on any atom is -0.356 e. The van der Waals surface area contributed by atoms with Crippen molar-refractivity contribution < 1.29 is 47.9 Å². The van der Waals surface area contributed by atoms with Gasteiger partial charge in [-0.1, -0.05) is 109 Å². The lowest BCUT2D eigenvalue weighted by Crippen LogP contribution is -2.46. The Morgan fingerprint density at radius 3 is 0.883 bits per heavy atom. The summed E-state index contributed by atoms with van der Waals surface area (Å²) in [7, 11) is 0. The van der Waals surface area contributed by atoms with E-state index in [0.717, 1.165) is 188 Å². The van der Waals surface area contributed by atoms with Gasteiger partial charge in [0.25, 0.3) is 0 Å². The molecule has 0 aromatic rings. The van der Waals surface area contributed by atoms with Gasteiger partial charge < -0.3 is 53.2 Å². The molecule has 10 saturated carbocycles. The summed E-state index contributed by atoms with van der Waals surface area (Å²) in [4.78, 5) is 110. The Morgan fingerprint density at radius 2 is 0.417 bits per heavy atom. The third-order valence-electron chi connectivity index (χ3n) is 28.6. The van der Waals surface area contributed by atoms with Gasteiger partial charge in [-0.2, -0.15) is 0 Å². The lowest BCUT2D eigenvalue weighted by atomic mass is 9.75. The van der Waals surface area contributed by atoms with Crippen molar-refractivity contribution in [2.45, 2.75) is 326 Å². The van der Waals surface area contributed by atoms with Crippen LogP contribution in [0.15, 0.2) is 0 Å². The first kappa shape index (κ1) is 78.8. The average Bonchev–Trinajstić information content (AvgIpc) is 1.72. The van der Waals surface area contributed by atoms with Crippen molar-refractivity contribution >= 4 is 59.1 Å². The lowest BCUT2D eigenvalue weighted by Gasteiger charge is -2.35. The number of hydrogen-bond acceptors (Lipinski definition) is 10. The first-order valence-electron chi connectivity index (χ1n) is 42.9. The smallest absolute Gasteiger partial charge is 0.223 e. The zero-order valence-corrected chi connectivity index (χ0v) is 63.1. The summed E-state index contributed by atoms with van der Waals surface area (Å²) in [5.74, 6) is 14.3. The maximum Gasteiger partial charge on any atom is 0.223 e. The van der Waals surface area contributed by atoms with E-state index in [1.807, 2.05) is 0 Å². The van der Waals surface area contributed by atoms with Crippen LogP contribution in [0.1, 0.15) is 302 Å². The summed E-state index contributed by atoms with van der Waals surface area (Å²) in [5, 5.41) is 29.8. The molecule has 10 aliphatic heterocycles. The van der Waals surface area contributed by atoms with Crippen molar-refractivity contribution in [2.75, 3.05) is 39.3 Å². The van der Waals surface area contributed by atoms with Crippen LogP contribution >= 0.6 is 0 Å². The van der Waals surface area contributed by atoms with E-state index in [1.54, 1.807) is 0 Å². The molecule has 20 aliphatic rings. The predicted octanol–water partition coefficient (Wildman–Crippen LogP) is 11.0. The van der Waals surface area contributed by atoms with Crippen molar-refractivity contribution in [3.05, 3.63) is 0 Å². The molecular formula is C83H136N10O10. The van der Waals surface area contributed by atoms with E-state index >= 15 is 0 Å². The Labute approximate surface area is 617 Å². The van der Waals surface area contributed by atoms with Crippen LogP contribution in [0.2, 0.25) is 0 Å². The maximum absolute atomic E-state index is 11.1. The number of carbonyl (C=O) groups is 10. The zero-order valence-electron chi connectivity index (χ0n) is 63.1. The minimum absolute atomic E-state index is 0.263. The van der Waals surface area contributed by atoms with E-state index in [-0.39, 0.29) is 47.3 Å². The van der Waals surface area contributed by atoms with Crippen LogP contribution in [0.4, 0.5) is 0 Å². The van der Waals surface area contributed by atoms with Crippen LogP contribution < -0.4 is 53.2 Å². The third-order valence-corrected chi connectivity index (χ3v) is 28.6. The Morgan fingerprint density at radius 1 is 0.175 bits per heavy atom. The van der Waals surface area contributed by atoms with Crippen LogP contribution in [0.5, 0.6) is 0 Å². The molecule has 20 fully saturated rings. The van der Waals surface area contributed by atoms with Gasteiger partial charge in [-0.15, -0.1) is 0 Å². The normalized spacial score (nSPS) is 38.6. The van der Waals surface area contributed by atoms with E-state index in [1.165, 1.54) is 212 Å². The highest BCUT2D eigenvalue weighted by Gasteiger charge is 2.41. The van der Waals surface area contributed by atoms with Crippen LogP contribution in [0, 0.1) is 94.7 Å². The standard InChI is InChI=1S/C10H17NO.3C9H15NO.4C8H13NO.2C7H11NO/c12-10-6-5-8-3-1-2-4-9(8)7-11-10;11-9-5-4-7-2-1-3-8(7)6-10-9;11-9-5-7-3-1-2-4-8(7)6-10-9;11-9-6-5-7-3-1-2-4-8(7)10-9;10-8-4-6-2-1-3-7(6)5-9-8;10-8-5-4-6-2-1-3-7(6)9-8;10-8-7-4-2-1-3-6(7)5-9-8;10-8-5-6-3-1-2-4-7(6)9-8;9-7-6-3-1-2-5(6)4-8-7;9-7-4-5-2-1-3-6(5)8-7/h8-9H,1-7H2,(H,11,12);3*7-8H,1-6H2,(H,10,11);4*6-7H,1-5H2,(H,9,10);2*5-6H,1-4H2,(H,8,9). The average molecular weight is 1430 g/mol. The summed E-state index contributed by atoms with van der Waals surface area (Å²) >= 11 is 0. The number of carbonyl (C=O) groups excluding carboxylic acids is 10. The van der Waals surface area contributed by atoms with Crippen molar-refractivity contribution in [1.82, 2.24) is 53.2 Å². The fourth-order valence-electron chi connectivity index (χ4n) is 22.4. The van der Waals surface area contributed by atoms with Gasteiger partial charge in [-0.05, 0) is 224 Å². The molecule has 578 valence electrons. The van der Waals surface area contributed by atoms with E-state index < -0.39 is 0 Å². The van der Waals surface area contributed by atoms with Crippen molar-refractivity contribution in [1.29, 1.82) is 0 Å². The van der Waals surface area contributed by atoms with Gasteiger partial charge in [-0.3, -0.25) is 47.9 Å². The van der Waals surface area contributed by atoms with Crippen LogP contribution in [-0.4, -0.2) is 123 Å². The molecule has 20 nitrogen and oxygen atoms in total. The summed E-state index contributed by atoms with van der Waals surface area (Å²) in [5.41, 5.74) is 0. The van der Waals surface area contributed by atoms with Gasteiger partial charge in [0.15, 0.2) is 0 Å². The maximum atomic E-state index is 11.1. The fourth-order valence-corrected chi connectivity index (χ4v) is 22.4. The monoisotopic (exact) mass is 1430 g/mol. The van der Waals surface area contributed by atoms with Crippen LogP contribution in [0.25, 0.3) is 0 Å². The first-order valence-corrected chi connectivity index (χ1v) is 42.9. The molecule has 0 radical (unpaired) electrons. The van der Waals surface area contributed by atoms with Crippen molar-refractivity contribution in [2.24, 2.45) is 94.7 Å². The largest absolute Gasteiger partial charge is 0.356 e. The lowest BCUT2D eigenvalue weighted by molar-refractivity contribution is -0.125.